The number of amides is 1. The molecule has 138 valence electrons. The van der Waals surface area contributed by atoms with Crippen molar-refractivity contribution in [2.45, 2.75) is 50.2 Å². The minimum atomic E-state index is -4.78. The Kier molecular flexibility index (Phi) is 4.08. The molecule has 1 amide bonds. The van der Waals surface area contributed by atoms with Crippen molar-refractivity contribution in [3.05, 3.63) is 42.5 Å². The molecule has 2 bridgehead atoms. The van der Waals surface area contributed by atoms with Crippen LogP contribution in [0.2, 0.25) is 0 Å². The number of ether oxygens (including phenoxy) is 1. The highest BCUT2D eigenvalue weighted by Crippen LogP contribution is 2.41. The fourth-order valence-corrected chi connectivity index (χ4v) is 4.08. The Hall–Kier alpha value is -2.58. The molecule has 3 heterocycles. The highest BCUT2D eigenvalue weighted by molar-refractivity contribution is 5.95. The number of nitrogens with zero attached hydrogens (tertiary/aromatic N) is 4. The summed E-state index contributed by atoms with van der Waals surface area (Å²) in [7, 11) is 0. The Morgan fingerprint density at radius 1 is 1.15 bits per heavy atom. The van der Waals surface area contributed by atoms with Crippen molar-refractivity contribution in [3.63, 3.8) is 0 Å². The Morgan fingerprint density at radius 2 is 1.88 bits per heavy atom. The van der Waals surface area contributed by atoms with Gasteiger partial charge in [0.2, 0.25) is 0 Å². The molecule has 6 nitrogen and oxygen atoms in total. The van der Waals surface area contributed by atoms with Crippen LogP contribution in [0.25, 0.3) is 0 Å². The van der Waals surface area contributed by atoms with Crippen LogP contribution in [0.4, 0.5) is 13.2 Å². The molecule has 0 radical (unpaired) electrons. The molecule has 2 aromatic rings. The molecule has 2 aliphatic heterocycles. The van der Waals surface area contributed by atoms with Gasteiger partial charge in [0.1, 0.15) is 18.4 Å². The lowest BCUT2D eigenvalue weighted by Gasteiger charge is -2.39. The summed E-state index contributed by atoms with van der Waals surface area (Å²) in [6.07, 6.45) is 1.71. The molecule has 1 aromatic heterocycles. The van der Waals surface area contributed by atoms with Crippen LogP contribution in [0.5, 0.6) is 5.75 Å². The van der Waals surface area contributed by atoms with Crippen molar-refractivity contribution in [3.8, 4) is 5.75 Å². The maximum Gasteiger partial charge on any atom is 0.573 e. The first kappa shape index (κ1) is 16.9. The lowest BCUT2D eigenvalue weighted by atomic mass is 9.96. The Balaban J connectivity index is 1.52. The monoisotopic (exact) mass is 366 g/mol. The van der Waals surface area contributed by atoms with Gasteiger partial charge in [-0.3, -0.25) is 4.79 Å². The lowest BCUT2D eigenvalue weighted by molar-refractivity contribution is -0.274. The Labute approximate surface area is 147 Å². The fraction of sp³-hybridized carbons (Fsp3) is 0.471. The third kappa shape index (κ3) is 3.25. The number of carbonyl (C=O) groups excluding carboxylic acids is 1. The highest BCUT2D eigenvalue weighted by Gasteiger charge is 2.44. The molecule has 26 heavy (non-hydrogen) atoms. The number of aromatic nitrogens is 3. The standard InChI is InChI=1S/C17H17F3N4O2/c18-17(19,20)26-15-3-1-2-11(6-15)16(25)24-12-4-5-13(24)8-14(7-12)23-10-21-9-22-23/h1-3,6,9-10,12-14H,4-5,7-8H2. The molecular weight excluding hydrogens is 349 g/mol. The van der Waals surface area contributed by atoms with E-state index in [2.05, 4.69) is 14.8 Å². The Morgan fingerprint density at radius 3 is 2.50 bits per heavy atom. The first-order chi connectivity index (χ1) is 12.4. The molecule has 0 spiro atoms. The van der Waals surface area contributed by atoms with E-state index < -0.39 is 6.36 Å². The van der Waals surface area contributed by atoms with Crippen LogP contribution in [0.15, 0.2) is 36.9 Å². The molecule has 0 N–H and O–H groups in total. The van der Waals surface area contributed by atoms with Gasteiger partial charge in [-0.2, -0.15) is 5.10 Å². The predicted octanol–water partition coefficient (Wildman–Crippen LogP) is 3.19. The van der Waals surface area contributed by atoms with Crippen LogP contribution in [-0.4, -0.2) is 44.0 Å². The van der Waals surface area contributed by atoms with E-state index >= 15 is 0 Å². The van der Waals surface area contributed by atoms with Crippen LogP contribution < -0.4 is 4.74 Å². The number of benzene rings is 1. The van der Waals surface area contributed by atoms with E-state index in [4.69, 9.17) is 0 Å². The number of hydrogen-bond donors (Lipinski definition) is 0. The van der Waals surface area contributed by atoms with Crippen molar-refractivity contribution in [2.75, 3.05) is 0 Å². The van der Waals surface area contributed by atoms with Gasteiger partial charge < -0.3 is 9.64 Å². The highest BCUT2D eigenvalue weighted by atomic mass is 19.4. The number of piperidine rings is 1. The van der Waals surface area contributed by atoms with E-state index in [1.165, 1.54) is 24.5 Å². The number of fused-ring (bicyclic) bond motifs is 2. The SMILES string of the molecule is O=C(c1cccc(OC(F)(F)F)c1)N1C2CCC1CC(n1cncn1)C2. The van der Waals surface area contributed by atoms with Gasteiger partial charge in [-0.1, -0.05) is 6.07 Å². The fourth-order valence-electron chi connectivity index (χ4n) is 4.08. The quantitative estimate of drug-likeness (QED) is 0.837. The summed E-state index contributed by atoms with van der Waals surface area (Å²) >= 11 is 0. The summed E-state index contributed by atoms with van der Waals surface area (Å²) in [4.78, 5) is 18.7. The zero-order valence-electron chi connectivity index (χ0n) is 13.8. The largest absolute Gasteiger partial charge is 0.573 e. The summed E-state index contributed by atoms with van der Waals surface area (Å²) in [6.45, 7) is 0. The summed E-state index contributed by atoms with van der Waals surface area (Å²) in [6, 6.07) is 5.57. The van der Waals surface area contributed by atoms with Gasteiger partial charge in [0.15, 0.2) is 0 Å². The summed E-state index contributed by atoms with van der Waals surface area (Å²) in [5.41, 5.74) is 0.211. The predicted molar refractivity (Wildman–Crippen MR) is 84.4 cm³/mol. The maximum absolute atomic E-state index is 12.9. The molecular formula is C17H17F3N4O2. The van der Waals surface area contributed by atoms with E-state index in [1.807, 2.05) is 9.58 Å². The van der Waals surface area contributed by atoms with E-state index in [9.17, 15) is 18.0 Å². The number of carbonyl (C=O) groups is 1. The van der Waals surface area contributed by atoms with Crippen LogP contribution in [0.3, 0.4) is 0 Å². The third-order valence-electron chi connectivity index (χ3n) is 5.07. The lowest BCUT2D eigenvalue weighted by Crippen LogP contribution is -2.47. The van der Waals surface area contributed by atoms with Gasteiger partial charge in [0.25, 0.3) is 5.91 Å². The van der Waals surface area contributed by atoms with Crippen LogP contribution >= 0.6 is 0 Å². The summed E-state index contributed by atoms with van der Waals surface area (Å²) in [5.74, 6) is -0.629. The van der Waals surface area contributed by atoms with Crippen molar-refractivity contribution in [1.82, 2.24) is 19.7 Å². The average Bonchev–Trinajstić information content (AvgIpc) is 3.20. The van der Waals surface area contributed by atoms with E-state index in [0.29, 0.717) is 0 Å². The smallest absolute Gasteiger partial charge is 0.406 e. The van der Waals surface area contributed by atoms with Gasteiger partial charge in [0, 0.05) is 17.6 Å². The second-order valence-electron chi connectivity index (χ2n) is 6.67. The molecule has 2 atom stereocenters. The molecule has 2 saturated heterocycles. The second-order valence-corrected chi connectivity index (χ2v) is 6.67. The molecule has 4 rings (SSSR count). The second kappa shape index (κ2) is 6.30. The molecule has 2 unspecified atom stereocenters. The average molecular weight is 366 g/mol. The van der Waals surface area contributed by atoms with Crippen LogP contribution in [0.1, 0.15) is 42.1 Å². The molecule has 0 saturated carbocycles. The number of hydrogen-bond acceptors (Lipinski definition) is 4. The molecule has 1 aromatic carbocycles. The van der Waals surface area contributed by atoms with Gasteiger partial charge in [0.05, 0.1) is 6.04 Å². The summed E-state index contributed by atoms with van der Waals surface area (Å²) < 4.78 is 43.0. The van der Waals surface area contributed by atoms with Crippen molar-refractivity contribution in [2.24, 2.45) is 0 Å². The van der Waals surface area contributed by atoms with Gasteiger partial charge >= 0.3 is 6.36 Å². The molecule has 9 heteroatoms. The zero-order chi connectivity index (χ0) is 18.3. The number of rotatable bonds is 3. The first-order valence-electron chi connectivity index (χ1n) is 8.43. The van der Waals surface area contributed by atoms with Crippen molar-refractivity contribution in [1.29, 1.82) is 0 Å². The molecule has 2 aliphatic rings. The summed E-state index contributed by atoms with van der Waals surface area (Å²) in [5, 5.41) is 4.19. The minimum absolute atomic E-state index is 0.0580. The van der Waals surface area contributed by atoms with Crippen LogP contribution in [-0.2, 0) is 0 Å². The number of halogens is 3. The van der Waals surface area contributed by atoms with Gasteiger partial charge in [-0.05, 0) is 43.9 Å². The number of alkyl halides is 3. The van der Waals surface area contributed by atoms with Crippen molar-refractivity contribution >= 4 is 5.91 Å². The topological polar surface area (TPSA) is 60.2 Å². The normalized spacial score (nSPS) is 25.3. The molecule has 2 fully saturated rings. The first-order valence-corrected chi connectivity index (χ1v) is 8.43. The Bertz CT molecular complexity index is 780. The van der Waals surface area contributed by atoms with Gasteiger partial charge in [-0.25, -0.2) is 9.67 Å². The van der Waals surface area contributed by atoms with Gasteiger partial charge in [-0.15, -0.1) is 13.2 Å². The van der Waals surface area contributed by atoms with E-state index in [0.717, 1.165) is 31.7 Å². The van der Waals surface area contributed by atoms with E-state index in [-0.39, 0.29) is 35.3 Å². The van der Waals surface area contributed by atoms with E-state index in [1.54, 1.807) is 6.33 Å². The maximum atomic E-state index is 12.9. The van der Waals surface area contributed by atoms with Crippen molar-refractivity contribution < 1.29 is 22.7 Å². The molecule has 0 aliphatic carbocycles. The third-order valence-corrected chi connectivity index (χ3v) is 5.07. The van der Waals surface area contributed by atoms with Crippen LogP contribution in [0, 0.1) is 0 Å². The zero-order valence-corrected chi connectivity index (χ0v) is 13.8. The minimum Gasteiger partial charge on any atom is -0.406 e.